The van der Waals surface area contributed by atoms with Gasteiger partial charge in [-0.25, -0.2) is 4.98 Å². The first-order chi connectivity index (χ1) is 8.56. The van der Waals surface area contributed by atoms with Crippen LogP contribution < -0.4 is 10.5 Å². The number of aromatic nitrogens is 2. The third-order valence-corrected chi connectivity index (χ3v) is 3.27. The number of halogens is 1. The van der Waals surface area contributed by atoms with Crippen LogP contribution >= 0.6 is 15.9 Å². The fourth-order valence-electron chi connectivity index (χ4n) is 2.17. The number of rotatable bonds is 3. The van der Waals surface area contributed by atoms with Crippen LogP contribution in [0.15, 0.2) is 16.9 Å². The lowest BCUT2D eigenvalue weighted by Crippen LogP contribution is -1.99. The zero-order valence-electron chi connectivity index (χ0n) is 10.7. The number of aromatic amines is 1. The highest BCUT2D eigenvalue weighted by atomic mass is 79.9. The molecule has 0 atom stereocenters. The fraction of sp³-hybridized carbons (Fsp3) is 0.308. The second-order valence-electron chi connectivity index (χ2n) is 4.20. The summed E-state index contributed by atoms with van der Waals surface area (Å²) in [6.07, 6.45) is 0. The lowest BCUT2D eigenvalue weighted by Gasteiger charge is -2.10. The molecule has 4 nitrogen and oxygen atoms in total. The lowest BCUT2D eigenvalue weighted by molar-refractivity contribution is 0.408. The quantitative estimate of drug-likeness (QED) is 0.916. The Morgan fingerprint density at radius 2 is 1.94 bits per heavy atom. The van der Waals surface area contributed by atoms with Gasteiger partial charge in [0.05, 0.1) is 18.5 Å². The first-order valence-corrected chi connectivity index (χ1v) is 6.46. The minimum Gasteiger partial charge on any atom is -0.496 e. The highest BCUT2D eigenvalue weighted by Gasteiger charge is 2.13. The van der Waals surface area contributed by atoms with E-state index in [9.17, 15) is 0 Å². The van der Waals surface area contributed by atoms with Crippen molar-refractivity contribution in [2.75, 3.05) is 7.11 Å². The normalized spacial score (nSPS) is 10.7. The molecule has 0 saturated carbocycles. The molecular weight excluding hydrogens is 294 g/mol. The van der Waals surface area contributed by atoms with Crippen LogP contribution in [-0.4, -0.2) is 17.1 Å². The highest BCUT2D eigenvalue weighted by Crippen LogP contribution is 2.31. The van der Waals surface area contributed by atoms with Crippen LogP contribution in [0.5, 0.6) is 5.75 Å². The Balaban J connectivity index is 2.57. The average molecular weight is 310 g/mol. The van der Waals surface area contributed by atoms with Crippen LogP contribution in [-0.2, 0) is 6.54 Å². The van der Waals surface area contributed by atoms with Crippen LogP contribution in [0.4, 0.5) is 0 Å². The third kappa shape index (κ3) is 2.28. The molecule has 5 heteroatoms. The summed E-state index contributed by atoms with van der Waals surface area (Å²) >= 11 is 3.34. The van der Waals surface area contributed by atoms with Gasteiger partial charge in [0.25, 0.3) is 0 Å². The molecule has 0 unspecified atom stereocenters. The SMILES string of the molecule is COc1c(C)cc(-c2nc(Br)[nH]c2CN)cc1C. The maximum atomic E-state index is 5.72. The molecule has 0 bridgehead atoms. The van der Waals surface area contributed by atoms with Crippen molar-refractivity contribution in [3.8, 4) is 17.0 Å². The Morgan fingerprint density at radius 3 is 2.44 bits per heavy atom. The molecule has 0 aliphatic rings. The number of hydrogen-bond acceptors (Lipinski definition) is 3. The molecule has 0 radical (unpaired) electrons. The molecule has 2 aromatic rings. The highest BCUT2D eigenvalue weighted by molar-refractivity contribution is 9.10. The number of nitrogens with zero attached hydrogens (tertiary/aromatic N) is 1. The van der Waals surface area contributed by atoms with Gasteiger partial charge in [0, 0.05) is 12.1 Å². The van der Waals surface area contributed by atoms with Crippen LogP contribution in [0, 0.1) is 13.8 Å². The van der Waals surface area contributed by atoms with Crippen molar-refractivity contribution < 1.29 is 4.74 Å². The number of H-pyrrole nitrogens is 1. The lowest BCUT2D eigenvalue weighted by atomic mass is 10.0. The van der Waals surface area contributed by atoms with Gasteiger partial charge in [0.2, 0.25) is 0 Å². The Morgan fingerprint density at radius 1 is 1.33 bits per heavy atom. The average Bonchev–Trinajstić information content (AvgIpc) is 2.70. The summed E-state index contributed by atoms with van der Waals surface area (Å²) in [6.45, 7) is 4.48. The molecule has 0 spiro atoms. The van der Waals surface area contributed by atoms with Crippen molar-refractivity contribution in [1.82, 2.24) is 9.97 Å². The topological polar surface area (TPSA) is 63.9 Å². The second-order valence-corrected chi connectivity index (χ2v) is 4.95. The maximum Gasteiger partial charge on any atom is 0.175 e. The third-order valence-electron chi connectivity index (χ3n) is 2.89. The van der Waals surface area contributed by atoms with Gasteiger partial charge in [0.15, 0.2) is 4.73 Å². The van der Waals surface area contributed by atoms with Crippen LogP contribution in [0.3, 0.4) is 0 Å². The summed E-state index contributed by atoms with van der Waals surface area (Å²) < 4.78 is 6.06. The number of nitrogens with one attached hydrogen (secondary N) is 1. The van der Waals surface area contributed by atoms with E-state index in [0.717, 1.165) is 33.8 Å². The van der Waals surface area contributed by atoms with Gasteiger partial charge >= 0.3 is 0 Å². The number of hydrogen-bond donors (Lipinski definition) is 2. The van der Waals surface area contributed by atoms with Crippen LogP contribution in [0.1, 0.15) is 16.8 Å². The zero-order chi connectivity index (χ0) is 13.3. The summed E-state index contributed by atoms with van der Waals surface area (Å²) in [5, 5.41) is 0. The number of nitrogens with two attached hydrogens (primary N) is 1. The summed E-state index contributed by atoms with van der Waals surface area (Å²) in [5.41, 5.74) is 10.8. The predicted molar refractivity (Wildman–Crippen MR) is 75.6 cm³/mol. The molecule has 0 aliphatic carbocycles. The van der Waals surface area contributed by atoms with Crippen molar-refractivity contribution in [1.29, 1.82) is 0 Å². The first kappa shape index (κ1) is 13.1. The number of methoxy groups -OCH3 is 1. The monoisotopic (exact) mass is 309 g/mol. The largest absolute Gasteiger partial charge is 0.496 e. The van der Waals surface area contributed by atoms with Crippen LogP contribution in [0.25, 0.3) is 11.3 Å². The smallest absolute Gasteiger partial charge is 0.175 e. The van der Waals surface area contributed by atoms with Gasteiger partial charge < -0.3 is 15.5 Å². The predicted octanol–water partition coefficient (Wildman–Crippen LogP) is 2.92. The van der Waals surface area contributed by atoms with Gasteiger partial charge in [-0.2, -0.15) is 0 Å². The molecular formula is C13H16BrN3O. The van der Waals surface area contributed by atoms with Crippen molar-refractivity contribution in [2.45, 2.75) is 20.4 Å². The Hall–Kier alpha value is -1.33. The summed E-state index contributed by atoms with van der Waals surface area (Å²) in [5.74, 6) is 0.919. The van der Waals surface area contributed by atoms with E-state index in [1.54, 1.807) is 7.11 Å². The number of benzene rings is 1. The standard InChI is InChI=1S/C13H16BrN3O/c1-7-4-9(5-8(2)12(7)18-3)11-10(6-15)16-13(14)17-11/h4-5H,6,15H2,1-3H3,(H,16,17). The van der Waals surface area contributed by atoms with Crippen molar-refractivity contribution in [3.05, 3.63) is 33.7 Å². The van der Waals surface area contributed by atoms with E-state index in [1.807, 2.05) is 13.8 Å². The van der Waals surface area contributed by atoms with Gasteiger partial charge in [-0.15, -0.1) is 0 Å². The van der Waals surface area contributed by atoms with Gasteiger partial charge in [-0.1, -0.05) is 0 Å². The Kier molecular flexibility index (Phi) is 3.73. The first-order valence-electron chi connectivity index (χ1n) is 5.67. The maximum absolute atomic E-state index is 5.72. The van der Waals surface area contributed by atoms with Crippen molar-refractivity contribution >= 4 is 15.9 Å². The van der Waals surface area contributed by atoms with Gasteiger partial charge in [-0.3, -0.25) is 0 Å². The van der Waals surface area contributed by atoms with E-state index in [1.165, 1.54) is 0 Å². The van der Waals surface area contributed by atoms with E-state index < -0.39 is 0 Å². The van der Waals surface area contributed by atoms with Gasteiger partial charge in [0.1, 0.15) is 5.75 Å². The summed E-state index contributed by atoms with van der Waals surface area (Å²) in [4.78, 5) is 7.54. The molecule has 3 N–H and O–H groups in total. The Bertz CT molecular complexity index is 555. The summed E-state index contributed by atoms with van der Waals surface area (Å²) in [7, 11) is 1.69. The molecule has 0 aliphatic heterocycles. The zero-order valence-corrected chi connectivity index (χ0v) is 12.3. The van der Waals surface area contributed by atoms with E-state index in [-0.39, 0.29) is 0 Å². The van der Waals surface area contributed by atoms with Crippen molar-refractivity contribution in [2.24, 2.45) is 5.73 Å². The number of ether oxygens (including phenoxy) is 1. The van der Waals surface area contributed by atoms with E-state index >= 15 is 0 Å². The molecule has 1 heterocycles. The minimum absolute atomic E-state index is 0.429. The summed E-state index contributed by atoms with van der Waals surface area (Å²) in [6, 6.07) is 4.13. The van der Waals surface area contributed by atoms with E-state index in [4.69, 9.17) is 10.5 Å². The molecule has 2 rings (SSSR count). The van der Waals surface area contributed by atoms with Crippen LogP contribution in [0.2, 0.25) is 0 Å². The molecule has 0 fully saturated rings. The Labute approximate surface area is 115 Å². The van der Waals surface area contributed by atoms with Gasteiger partial charge in [-0.05, 0) is 53.0 Å². The number of imidazole rings is 1. The van der Waals surface area contributed by atoms with Crippen molar-refractivity contribution in [3.63, 3.8) is 0 Å². The van der Waals surface area contributed by atoms with E-state index in [2.05, 4.69) is 38.0 Å². The number of aryl methyl sites for hydroxylation is 2. The molecule has 0 amide bonds. The fourth-order valence-corrected chi connectivity index (χ4v) is 2.59. The molecule has 96 valence electrons. The minimum atomic E-state index is 0.429. The van der Waals surface area contributed by atoms with E-state index in [0.29, 0.717) is 11.3 Å². The molecule has 18 heavy (non-hydrogen) atoms. The second kappa shape index (κ2) is 5.12. The molecule has 1 aromatic heterocycles. The molecule has 1 aromatic carbocycles. The molecule has 0 saturated heterocycles.